The van der Waals surface area contributed by atoms with Gasteiger partial charge in [0.25, 0.3) is 0 Å². The smallest absolute Gasteiger partial charge is 0.241 e. The van der Waals surface area contributed by atoms with Crippen LogP contribution in [0.2, 0.25) is 0 Å². The van der Waals surface area contributed by atoms with Gasteiger partial charge in [-0.2, -0.15) is 0 Å². The zero-order valence-corrected chi connectivity index (χ0v) is 18.3. The zero-order chi connectivity index (χ0) is 22.6. The first-order valence-corrected chi connectivity index (χ1v) is 11.1. The third-order valence-corrected chi connectivity index (χ3v) is 6.26. The van der Waals surface area contributed by atoms with E-state index < -0.39 is 27.9 Å². The summed E-state index contributed by atoms with van der Waals surface area (Å²) >= 11 is 0. The average molecular weight is 448 g/mol. The number of nitrogens with zero attached hydrogens (tertiary/aromatic N) is 1. The van der Waals surface area contributed by atoms with Gasteiger partial charge in [0.2, 0.25) is 21.8 Å². The Morgan fingerprint density at radius 2 is 1.58 bits per heavy atom. The Labute approximate surface area is 181 Å². The molecule has 0 aromatic heterocycles. The van der Waals surface area contributed by atoms with Crippen LogP contribution in [-0.4, -0.2) is 47.1 Å². The standard InChI is InChI=1S/C21H24N2O7S/c1-14(13-30-16-6-4-15(28-2)5-7-16)22-31(26,27)17-8-9-19(29-3)18(12-17)23-20(24)10-11-21(23)25/h4-9,12,14,22H,10-11,13H2,1-3H3. The molecule has 9 nitrogen and oxygen atoms in total. The number of hydrogen-bond donors (Lipinski definition) is 1. The Morgan fingerprint density at radius 1 is 0.968 bits per heavy atom. The second-order valence-electron chi connectivity index (χ2n) is 6.97. The summed E-state index contributed by atoms with van der Waals surface area (Å²) in [6.07, 6.45) is 0.161. The highest BCUT2D eigenvalue weighted by Gasteiger charge is 2.33. The molecule has 0 aliphatic carbocycles. The van der Waals surface area contributed by atoms with Gasteiger partial charge in [0.15, 0.2) is 0 Å². The van der Waals surface area contributed by atoms with Crippen molar-refractivity contribution >= 4 is 27.5 Å². The SMILES string of the molecule is COc1ccc(OCC(C)NS(=O)(=O)c2ccc(OC)c(N3C(=O)CCC3=O)c2)cc1. The van der Waals surface area contributed by atoms with Gasteiger partial charge in [-0.3, -0.25) is 9.59 Å². The van der Waals surface area contributed by atoms with Gasteiger partial charge in [-0.25, -0.2) is 18.0 Å². The summed E-state index contributed by atoms with van der Waals surface area (Å²) in [5.41, 5.74) is 0.111. The lowest BCUT2D eigenvalue weighted by molar-refractivity contribution is -0.121. The van der Waals surface area contributed by atoms with Gasteiger partial charge in [0, 0.05) is 12.8 Å². The van der Waals surface area contributed by atoms with Crippen LogP contribution >= 0.6 is 0 Å². The highest BCUT2D eigenvalue weighted by molar-refractivity contribution is 7.89. The van der Waals surface area contributed by atoms with Crippen LogP contribution in [0.4, 0.5) is 5.69 Å². The molecule has 0 spiro atoms. The van der Waals surface area contributed by atoms with Crippen LogP contribution in [0.5, 0.6) is 17.2 Å². The molecule has 1 aliphatic heterocycles. The Bertz CT molecular complexity index is 1050. The highest BCUT2D eigenvalue weighted by atomic mass is 32.2. The number of benzene rings is 2. The first kappa shape index (κ1) is 22.6. The molecule has 1 aliphatic rings. The number of carbonyl (C=O) groups excluding carboxylic acids is 2. The van der Waals surface area contributed by atoms with Gasteiger partial charge in [-0.15, -0.1) is 0 Å². The molecular formula is C21H24N2O7S. The number of anilines is 1. The first-order chi connectivity index (χ1) is 14.7. The van der Waals surface area contributed by atoms with Gasteiger partial charge in [0.05, 0.1) is 30.8 Å². The average Bonchev–Trinajstić information content (AvgIpc) is 3.09. The Morgan fingerprint density at radius 3 is 2.16 bits per heavy atom. The fraction of sp³-hybridized carbons (Fsp3) is 0.333. The Balaban J connectivity index is 1.74. The second kappa shape index (κ2) is 9.36. The number of imide groups is 1. The Hall–Kier alpha value is -3.11. The summed E-state index contributed by atoms with van der Waals surface area (Å²) in [6, 6.07) is 10.4. The monoisotopic (exact) mass is 448 g/mol. The molecule has 1 unspecified atom stereocenters. The number of carbonyl (C=O) groups is 2. The van der Waals surface area contributed by atoms with E-state index in [1.165, 1.54) is 25.3 Å². The maximum Gasteiger partial charge on any atom is 0.241 e. The molecule has 1 N–H and O–H groups in total. The van der Waals surface area contributed by atoms with Crippen LogP contribution in [0.15, 0.2) is 47.4 Å². The molecule has 10 heteroatoms. The quantitative estimate of drug-likeness (QED) is 0.585. The number of sulfonamides is 1. The molecule has 0 bridgehead atoms. The lowest BCUT2D eigenvalue weighted by Gasteiger charge is -2.19. The van der Waals surface area contributed by atoms with Crippen LogP contribution in [0.1, 0.15) is 19.8 Å². The van der Waals surface area contributed by atoms with E-state index in [9.17, 15) is 18.0 Å². The van der Waals surface area contributed by atoms with Crippen molar-refractivity contribution in [3.05, 3.63) is 42.5 Å². The van der Waals surface area contributed by atoms with E-state index in [2.05, 4.69) is 4.72 Å². The summed E-state index contributed by atoms with van der Waals surface area (Å²) < 4.78 is 44.2. The van der Waals surface area contributed by atoms with Crippen LogP contribution in [0, 0.1) is 0 Å². The van der Waals surface area contributed by atoms with E-state index in [4.69, 9.17) is 14.2 Å². The summed E-state index contributed by atoms with van der Waals surface area (Å²) in [5.74, 6) is 0.702. The molecule has 1 heterocycles. The predicted octanol–water partition coefficient (Wildman–Crippen LogP) is 2.10. The lowest BCUT2D eigenvalue weighted by Crippen LogP contribution is -2.37. The van der Waals surface area contributed by atoms with E-state index in [0.29, 0.717) is 11.5 Å². The minimum Gasteiger partial charge on any atom is -0.497 e. The molecule has 1 atom stereocenters. The number of amides is 2. The van der Waals surface area contributed by atoms with E-state index in [0.717, 1.165) is 4.90 Å². The lowest BCUT2D eigenvalue weighted by atomic mass is 10.2. The fourth-order valence-electron chi connectivity index (χ4n) is 3.12. The topological polar surface area (TPSA) is 111 Å². The maximum absolute atomic E-state index is 12.9. The fourth-order valence-corrected chi connectivity index (χ4v) is 4.36. The molecule has 2 aromatic rings. The molecule has 0 radical (unpaired) electrons. The molecule has 1 saturated heterocycles. The molecule has 1 fully saturated rings. The van der Waals surface area contributed by atoms with Crippen LogP contribution < -0.4 is 23.8 Å². The number of methoxy groups -OCH3 is 2. The van der Waals surface area contributed by atoms with Gasteiger partial charge in [-0.05, 0) is 49.4 Å². The van der Waals surface area contributed by atoms with Gasteiger partial charge < -0.3 is 14.2 Å². The van der Waals surface area contributed by atoms with Crippen molar-refractivity contribution in [2.24, 2.45) is 0 Å². The molecule has 166 valence electrons. The van der Waals surface area contributed by atoms with Crippen LogP contribution in [0.25, 0.3) is 0 Å². The molecule has 2 aromatic carbocycles. The van der Waals surface area contributed by atoms with E-state index in [1.807, 2.05) is 0 Å². The third-order valence-electron chi connectivity index (χ3n) is 4.67. The minimum atomic E-state index is -3.94. The first-order valence-electron chi connectivity index (χ1n) is 9.58. The van der Waals surface area contributed by atoms with Gasteiger partial charge in [-0.1, -0.05) is 0 Å². The molecular weight excluding hydrogens is 424 g/mol. The second-order valence-corrected chi connectivity index (χ2v) is 8.68. The molecule has 31 heavy (non-hydrogen) atoms. The molecule has 2 amide bonds. The van der Waals surface area contributed by atoms with Crippen molar-refractivity contribution in [1.82, 2.24) is 4.72 Å². The number of nitrogens with one attached hydrogen (secondary N) is 1. The number of rotatable bonds is 9. The molecule has 3 rings (SSSR count). The summed E-state index contributed by atoms with van der Waals surface area (Å²) in [6.45, 7) is 1.76. The summed E-state index contributed by atoms with van der Waals surface area (Å²) in [5, 5.41) is 0. The van der Waals surface area contributed by atoms with E-state index in [-0.39, 0.29) is 35.8 Å². The van der Waals surface area contributed by atoms with Gasteiger partial charge >= 0.3 is 0 Å². The highest BCUT2D eigenvalue weighted by Crippen LogP contribution is 2.34. The van der Waals surface area contributed by atoms with Crippen LogP contribution in [-0.2, 0) is 19.6 Å². The largest absolute Gasteiger partial charge is 0.497 e. The normalized spacial score (nSPS) is 15.1. The van der Waals surface area contributed by atoms with Crippen molar-refractivity contribution in [3.63, 3.8) is 0 Å². The summed E-state index contributed by atoms with van der Waals surface area (Å²) in [4.78, 5) is 25.1. The van der Waals surface area contributed by atoms with E-state index >= 15 is 0 Å². The van der Waals surface area contributed by atoms with Crippen molar-refractivity contribution in [1.29, 1.82) is 0 Å². The maximum atomic E-state index is 12.9. The summed E-state index contributed by atoms with van der Waals surface area (Å²) in [7, 11) is -0.995. The zero-order valence-electron chi connectivity index (χ0n) is 17.5. The third kappa shape index (κ3) is 5.15. The van der Waals surface area contributed by atoms with E-state index in [1.54, 1.807) is 38.3 Å². The van der Waals surface area contributed by atoms with Crippen molar-refractivity contribution in [2.75, 3.05) is 25.7 Å². The van der Waals surface area contributed by atoms with Crippen molar-refractivity contribution in [3.8, 4) is 17.2 Å². The van der Waals surface area contributed by atoms with Crippen molar-refractivity contribution in [2.45, 2.75) is 30.7 Å². The van der Waals surface area contributed by atoms with Crippen LogP contribution in [0.3, 0.4) is 0 Å². The van der Waals surface area contributed by atoms with Crippen molar-refractivity contribution < 1.29 is 32.2 Å². The number of hydrogen-bond acceptors (Lipinski definition) is 7. The van der Waals surface area contributed by atoms with Gasteiger partial charge in [0.1, 0.15) is 23.9 Å². The minimum absolute atomic E-state index is 0.0803. The number of ether oxygens (including phenoxy) is 3. The Kier molecular flexibility index (Phi) is 6.81. The molecule has 0 saturated carbocycles. The predicted molar refractivity (Wildman–Crippen MR) is 113 cm³/mol.